The van der Waals surface area contributed by atoms with Crippen LogP contribution < -0.4 is 11.0 Å². The summed E-state index contributed by atoms with van der Waals surface area (Å²) in [5, 5.41) is 20.4. The molecular weight excluding hydrogens is 584 g/mol. The van der Waals surface area contributed by atoms with E-state index in [1.807, 2.05) is 0 Å². The number of amides is 1. The van der Waals surface area contributed by atoms with Crippen molar-refractivity contribution in [1.82, 2.24) is 34.4 Å². The number of aromatic nitrogens is 6. The zero-order chi connectivity index (χ0) is 29.9. The summed E-state index contributed by atoms with van der Waals surface area (Å²) in [6.45, 7) is -2.16. The second kappa shape index (κ2) is 11.7. The van der Waals surface area contributed by atoms with E-state index in [-0.39, 0.29) is 28.5 Å². The molecule has 1 atom stereocenters. The first-order valence-electron chi connectivity index (χ1n) is 11.8. The Morgan fingerprint density at radius 2 is 1.71 bits per heavy atom. The molecule has 0 unspecified atom stereocenters. The molecule has 0 aliphatic rings. The normalized spacial score (nSPS) is 12.9. The van der Waals surface area contributed by atoms with Gasteiger partial charge in [0, 0.05) is 17.1 Å². The molecule has 2 aromatic carbocycles. The van der Waals surface area contributed by atoms with Gasteiger partial charge in [-0.2, -0.15) is 26.3 Å². The molecule has 218 valence electrons. The second-order valence-corrected chi connectivity index (χ2v) is 9.12. The number of aliphatic hydroxyl groups is 1. The van der Waals surface area contributed by atoms with Crippen molar-refractivity contribution in [3.63, 3.8) is 0 Å². The van der Waals surface area contributed by atoms with E-state index in [4.69, 9.17) is 11.6 Å². The first-order valence-corrected chi connectivity index (χ1v) is 12.1. The molecular formula is C24H20ClF6N7O3. The molecule has 2 aromatic heterocycles. The summed E-state index contributed by atoms with van der Waals surface area (Å²) in [5.74, 6) is -0.981. The van der Waals surface area contributed by atoms with Crippen LogP contribution in [0.5, 0.6) is 0 Å². The monoisotopic (exact) mass is 603 g/mol. The standard InChI is InChI=1S/C24H20ClF6N7O3/c25-15-7-5-14(6-8-15)20-35-37(22(41)36(20)11-18(39)24(29,30)31)12-19-33-13-38(34-19)17-4-2-1-3-16(17)21(40)32-10-9-23(26,27)28/h1-8,13,18,39H,9-12H2,(H,32,40)/t18-/m0/s1. The highest BCUT2D eigenvalue weighted by Crippen LogP contribution is 2.24. The fourth-order valence-electron chi connectivity index (χ4n) is 3.70. The lowest BCUT2D eigenvalue weighted by atomic mass is 10.1. The van der Waals surface area contributed by atoms with Gasteiger partial charge >= 0.3 is 18.0 Å². The van der Waals surface area contributed by atoms with Crippen LogP contribution in [0.25, 0.3) is 17.1 Å². The maximum Gasteiger partial charge on any atom is 0.416 e. The molecule has 1 amide bonds. The first kappa shape index (κ1) is 29.8. The van der Waals surface area contributed by atoms with Crippen molar-refractivity contribution in [2.24, 2.45) is 0 Å². The predicted molar refractivity (Wildman–Crippen MR) is 132 cm³/mol. The third-order valence-corrected chi connectivity index (χ3v) is 5.93. The number of hydrogen-bond donors (Lipinski definition) is 2. The van der Waals surface area contributed by atoms with E-state index in [1.54, 1.807) is 6.07 Å². The van der Waals surface area contributed by atoms with Crippen molar-refractivity contribution < 1.29 is 36.2 Å². The van der Waals surface area contributed by atoms with Gasteiger partial charge in [0.1, 0.15) is 12.9 Å². The van der Waals surface area contributed by atoms with Crippen LogP contribution in [0.2, 0.25) is 5.02 Å². The maximum absolute atomic E-state index is 13.1. The van der Waals surface area contributed by atoms with Gasteiger partial charge in [0.15, 0.2) is 17.8 Å². The average molecular weight is 604 g/mol. The maximum atomic E-state index is 13.1. The zero-order valence-corrected chi connectivity index (χ0v) is 21.5. The number of alkyl halides is 6. The Morgan fingerprint density at radius 1 is 1.02 bits per heavy atom. The molecule has 2 N–H and O–H groups in total. The Bertz CT molecular complexity index is 1580. The lowest BCUT2D eigenvalue weighted by molar-refractivity contribution is -0.207. The number of para-hydroxylation sites is 1. The Balaban J connectivity index is 1.62. The molecule has 41 heavy (non-hydrogen) atoms. The van der Waals surface area contributed by atoms with Gasteiger partial charge in [-0.15, -0.1) is 10.2 Å². The van der Waals surface area contributed by atoms with Crippen LogP contribution in [0.3, 0.4) is 0 Å². The van der Waals surface area contributed by atoms with Crippen molar-refractivity contribution in [2.45, 2.75) is 38.0 Å². The fourth-order valence-corrected chi connectivity index (χ4v) is 3.82. The Hall–Kier alpha value is -4.18. The summed E-state index contributed by atoms with van der Waals surface area (Å²) in [5.41, 5.74) is -0.565. The van der Waals surface area contributed by atoms with E-state index in [0.717, 1.165) is 9.36 Å². The number of nitrogens with zero attached hydrogens (tertiary/aromatic N) is 6. The Morgan fingerprint density at radius 3 is 2.37 bits per heavy atom. The van der Waals surface area contributed by atoms with Crippen LogP contribution >= 0.6 is 11.6 Å². The number of rotatable bonds is 9. The predicted octanol–water partition coefficient (Wildman–Crippen LogP) is 3.60. The molecule has 0 aliphatic heterocycles. The molecule has 4 aromatic rings. The average Bonchev–Trinajstić information content (AvgIpc) is 3.48. The molecule has 0 aliphatic carbocycles. The summed E-state index contributed by atoms with van der Waals surface area (Å²) in [6.07, 6.45) is -12.3. The third kappa shape index (κ3) is 7.32. The van der Waals surface area contributed by atoms with Gasteiger partial charge in [0.2, 0.25) is 0 Å². The van der Waals surface area contributed by atoms with Crippen molar-refractivity contribution in [3.8, 4) is 17.1 Å². The quantitative estimate of drug-likeness (QED) is 0.282. The van der Waals surface area contributed by atoms with Gasteiger partial charge in [-0.25, -0.2) is 19.1 Å². The van der Waals surface area contributed by atoms with E-state index in [1.165, 1.54) is 48.8 Å². The minimum absolute atomic E-state index is 0.00117. The van der Waals surface area contributed by atoms with Crippen molar-refractivity contribution >= 4 is 17.5 Å². The fraction of sp³-hybridized carbons (Fsp3) is 0.292. The molecule has 2 heterocycles. The van der Waals surface area contributed by atoms with Gasteiger partial charge in [0.05, 0.1) is 24.2 Å². The summed E-state index contributed by atoms with van der Waals surface area (Å²) in [7, 11) is 0. The van der Waals surface area contributed by atoms with Crippen LogP contribution in [0.15, 0.2) is 59.7 Å². The molecule has 10 nitrogen and oxygen atoms in total. The smallest absolute Gasteiger partial charge is 0.382 e. The number of nitrogens with one attached hydrogen (secondary N) is 1. The molecule has 0 saturated carbocycles. The SMILES string of the molecule is O=C(NCCC(F)(F)F)c1ccccc1-n1cnc(Cn2nc(-c3ccc(Cl)cc3)n(C[C@H](O)C(F)(F)F)c2=O)n1. The summed E-state index contributed by atoms with van der Waals surface area (Å²) in [4.78, 5) is 29.6. The van der Waals surface area contributed by atoms with Crippen molar-refractivity contribution in [3.05, 3.63) is 81.8 Å². The number of benzene rings is 2. The lowest BCUT2D eigenvalue weighted by Gasteiger charge is -2.15. The first-order chi connectivity index (χ1) is 19.2. The molecule has 0 spiro atoms. The highest BCUT2D eigenvalue weighted by atomic mass is 35.5. The molecule has 0 radical (unpaired) electrons. The van der Waals surface area contributed by atoms with E-state index in [9.17, 15) is 41.0 Å². The lowest BCUT2D eigenvalue weighted by Crippen LogP contribution is -2.37. The molecule has 0 fully saturated rings. The second-order valence-electron chi connectivity index (χ2n) is 8.68. The largest absolute Gasteiger partial charge is 0.416 e. The summed E-state index contributed by atoms with van der Waals surface area (Å²) < 4.78 is 79.2. The van der Waals surface area contributed by atoms with Gasteiger partial charge in [-0.05, 0) is 36.4 Å². The van der Waals surface area contributed by atoms with E-state index < -0.39 is 56.1 Å². The highest BCUT2D eigenvalue weighted by Gasteiger charge is 2.39. The molecule has 0 saturated heterocycles. The summed E-state index contributed by atoms with van der Waals surface area (Å²) in [6, 6.07) is 11.7. The van der Waals surface area contributed by atoms with Crippen molar-refractivity contribution in [2.75, 3.05) is 6.54 Å². The van der Waals surface area contributed by atoms with Crippen LogP contribution in [0, 0.1) is 0 Å². The molecule has 17 heteroatoms. The van der Waals surface area contributed by atoms with Crippen LogP contribution in [-0.4, -0.2) is 65.1 Å². The van der Waals surface area contributed by atoms with Gasteiger partial charge in [-0.3, -0.25) is 9.36 Å². The number of carbonyl (C=O) groups excluding carboxylic acids is 1. The number of hydrogen-bond acceptors (Lipinski definition) is 6. The van der Waals surface area contributed by atoms with Crippen LogP contribution in [-0.2, 0) is 13.1 Å². The topological polar surface area (TPSA) is 120 Å². The Kier molecular flexibility index (Phi) is 8.53. The van der Waals surface area contributed by atoms with E-state index >= 15 is 0 Å². The number of carbonyl (C=O) groups is 1. The molecule has 0 bridgehead atoms. The number of halogens is 7. The van der Waals surface area contributed by atoms with Gasteiger partial charge in [-0.1, -0.05) is 23.7 Å². The summed E-state index contributed by atoms with van der Waals surface area (Å²) >= 11 is 5.88. The van der Waals surface area contributed by atoms with E-state index in [2.05, 4.69) is 20.5 Å². The van der Waals surface area contributed by atoms with E-state index in [0.29, 0.717) is 9.59 Å². The zero-order valence-electron chi connectivity index (χ0n) is 20.7. The van der Waals surface area contributed by atoms with Gasteiger partial charge < -0.3 is 10.4 Å². The Labute approximate surface area is 231 Å². The van der Waals surface area contributed by atoms with Crippen molar-refractivity contribution in [1.29, 1.82) is 0 Å². The molecule has 4 rings (SSSR count). The highest BCUT2D eigenvalue weighted by molar-refractivity contribution is 6.30. The minimum atomic E-state index is -4.99. The number of aliphatic hydroxyl groups excluding tert-OH is 1. The van der Waals surface area contributed by atoms with Gasteiger partial charge in [0.25, 0.3) is 5.91 Å². The van der Waals surface area contributed by atoms with Crippen LogP contribution in [0.1, 0.15) is 22.6 Å². The van der Waals surface area contributed by atoms with Crippen LogP contribution in [0.4, 0.5) is 26.3 Å². The third-order valence-electron chi connectivity index (χ3n) is 5.68. The minimum Gasteiger partial charge on any atom is -0.382 e.